The monoisotopic (exact) mass is 234 g/mol. The Morgan fingerprint density at radius 2 is 2.00 bits per heavy atom. The van der Waals surface area contributed by atoms with E-state index in [1.165, 1.54) is 11.5 Å². The van der Waals surface area contributed by atoms with Crippen molar-refractivity contribution in [2.75, 3.05) is 0 Å². The van der Waals surface area contributed by atoms with Gasteiger partial charge in [-0.05, 0) is 12.5 Å². The molecule has 1 atom stereocenters. The van der Waals surface area contributed by atoms with Crippen LogP contribution in [0.2, 0.25) is 0 Å². The minimum atomic E-state index is -0.903. The topological polar surface area (TPSA) is 78.2 Å². The zero-order valence-electron chi connectivity index (χ0n) is 9.42. The number of nitrogens with one attached hydrogen (secondary N) is 1. The SMILES string of the molecule is CC(O)c1[nH]c(=O)n(Cc2ccccc2)c1O. The second-order valence-corrected chi connectivity index (χ2v) is 3.92. The Hall–Kier alpha value is -2.01. The predicted octanol–water partition coefficient (Wildman–Crippen LogP) is 0.984. The molecule has 1 aromatic heterocycles. The lowest BCUT2D eigenvalue weighted by Crippen LogP contribution is -2.17. The van der Waals surface area contributed by atoms with Crippen LogP contribution in [0.25, 0.3) is 0 Å². The Balaban J connectivity index is 2.37. The van der Waals surface area contributed by atoms with Crippen LogP contribution >= 0.6 is 0 Å². The van der Waals surface area contributed by atoms with Gasteiger partial charge in [-0.3, -0.25) is 4.57 Å². The Labute approximate surface area is 98.0 Å². The van der Waals surface area contributed by atoms with E-state index >= 15 is 0 Å². The lowest BCUT2D eigenvalue weighted by Gasteiger charge is -2.05. The molecule has 1 aromatic carbocycles. The zero-order valence-corrected chi connectivity index (χ0v) is 9.42. The Morgan fingerprint density at radius 3 is 2.53 bits per heavy atom. The molecule has 5 nitrogen and oxygen atoms in total. The maximum atomic E-state index is 11.6. The molecule has 0 radical (unpaired) electrons. The van der Waals surface area contributed by atoms with Crippen molar-refractivity contribution in [3.8, 4) is 5.88 Å². The molecule has 2 aromatic rings. The molecule has 1 unspecified atom stereocenters. The van der Waals surface area contributed by atoms with E-state index in [0.29, 0.717) is 0 Å². The lowest BCUT2D eigenvalue weighted by molar-refractivity contribution is 0.189. The Morgan fingerprint density at radius 1 is 1.35 bits per heavy atom. The number of aromatic hydroxyl groups is 1. The van der Waals surface area contributed by atoms with Crippen LogP contribution in [0.4, 0.5) is 0 Å². The number of rotatable bonds is 3. The van der Waals surface area contributed by atoms with Gasteiger partial charge in [0.25, 0.3) is 0 Å². The molecule has 0 bridgehead atoms. The smallest absolute Gasteiger partial charge is 0.329 e. The summed E-state index contributed by atoms with van der Waals surface area (Å²) in [4.78, 5) is 14.0. The lowest BCUT2D eigenvalue weighted by atomic mass is 10.2. The van der Waals surface area contributed by atoms with E-state index in [-0.39, 0.29) is 18.1 Å². The van der Waals surface area contributed by atoms with Crippen molar-refractivity contribution in [3.63, 3.8) is 0 Å². The van der Waals surface area contributed by atoms with Gasteiger partial charge in [-0.15, -0.1) is 0 Å². The summed E-state index contributed by atoms with van der Waals surface area (Å²) in [6.07, 6.45) is -0.903. The van der Waals surface area contributed by atoms with E-state index < -0.39 is 11.8 Å². The van der Waals surface area contributed by atoms with Crippen molar-refractivity contribution in [2.24, 2.45) is 0 Å². The molecule has 0 spiro atoms. The highest BCUT2D eigenvalue weighted by Gasteiger charge is 2.16. The van der Waals surface area contributed by atoms with E-state index in [9.17, 15) is 15.0 Å². The number of H-pyrrole nitrogens is 1. The van der Waals surface area contributed by atoms with Crippen LogP contribution in [0.15, 0.2) is 35.1 Å². The fraction of sp³-hybridized carbons (Fsp3) is 0.250. The number of hydrogen-bond donors (Lipinski definition) is 3. The summed E-state index contributed by atoms with van der Waals surface area (Å²) in [5.41, 5.74) is 0.620. The molecule has 0 amide bonds. The maximum absolute atomic E-state index is 11.6. The summed E-state index contributed by atoms with van der Waals surface area (Å²) in [6.45, 7) is 1.76. The summed E-state index contributed by atoms with van der Waals surface area (Å²) in [7, 11) is 0. The average molecular weight is 234 g/mol. The molecule has 17 heavy (non-hydrogen) atoms. The van der Waals surface area contributed by atoms with E-state index in [4.69, 9.17) is 0 Å². The van der Waals surface area contributed by atoms with Crippen molar-refractivity contribution >= 4 is 0 Å². The number of aromatic amines is 1. The van der Waals surface area contributed by atoms with Crippen LogP contribution in [-0.4, -0.2) is 19.8 Å². The largest absolute Gasteiger partial charge is 0.493 e. The van der Waals surface area contributed by atoms with Crippen LogP contribution in [0.1, 0.15) is 24.3 Å². The highest BCUT2D eigenvalue weighted by molar-refractivity contribution is 5.23. The number of aliphatic hydroxyl groups excluding tert-OH is 1. The van der Waals surface area contributed by atoms with Gasteiger partial charge in [-0.25, -0.2) is 4.79 Å². The highest BCUT2D eigenvalue weighted by atomic mass is 16.3. The predicted molar refractivity (Wildman–Crippen MR) is 62.9 cm³/mol. The van der Waals surface area contributed by atoms with Crippen molar-refractivity contribution in [2.45, 2.75) is 19.6 Å². The van der Waals surface area contributed by atoms with E-state index in [1.54, 1.807) is 0 Å². The molecular formula is C12H14N2O3. The molecule has 0 aliphatic carbocycles. The molecule has 5 heteroatoms. The van der Waals surface area contributed by atoms with Gasteiger partial charge in [0, 0.05) is 0 Å². The van der Waals surface area contributed by atoms with Gasteiger partial charge in [0.2, 0.25) is 5.88 Å². The third kappa shape index (κ3) is 2.24. The number of benzene rings is 1. The van der Waals surface area contributed by atoms with E-state index in [2.05, 4.69) is 4.98 Å². The first-order valence-electron chi connectivity index (χ1n) is 5.33. The standard InChI is InChI=1S/C12H14N2O3/c1-8(15)10-11(16)14(12(17)13-10)7-9-5-3-2-4-6-9/h2-6,8,15-16H,7H2,1H3,(H,13,17). The van der Waals surface area contributed by atoms with Crippen molar-refractivity contribution < 1.29 is 10.2 Å². The molecule has 0 saturated carbocycles. The third-order valence-corrected chi connectivity index (χ3v) is 2.58. The molecule has 0 aliphatic heterocycles. The van der Waals surface area contributed by atoms with Crippen LogP contribution in [0, 0.1) is 0 Å². The molecular weight excluding hydrogens is 220 g/mol. The van der Waals surface area contributed by atoms with Crippen LogP contribution in [0.3, 0.4) is 0 Å². The first kappa shape index (κ1) is 11.5. The third-order valence-electron chi connectivity index (χ3n) is 2.58. The van der Waals surface area contributed by atoms with Crippen molar-refractivity contribution in [3.05, 3.63) is 52.1 Å². The normalized spacial score (nSPS) is 12.6. The summed E-state index contributed by atoms with van der Waals surface area (Å²) < 4.78 is 1.19. The van der Waals surface area contributed by atoms with Gasteiger partial charge in [0.05, 0.1) is 12.6 Å². The molecule has 0 aliphatic rings. The van der Waals surface area contributed by atoms with Crippen molar-refractivity contribution in [1.82, 2.24) is 9.55 Å². The summed E-state index contributed by atoms with van der Waals surface area (Å²) in [6, 6.07) is 9.33. The Bertz CT molecular complexity index is 555. The second-order valence-electron chi connectivity index (χ2n) is 3.92. The highest BCUT2D eigenvalue weighted by Crippen LogP contribution is 2.20. The first-order chi connectivity index (χ1) is 8.09. The fourth-order valence-corrected chi connectivity index (χ4v) is 1.68. The van der Waals surface area contributed by atoms with Crippen LogP contribution < -0.4 is 5.69 Å². The van der Waals surface area contributed by atoms with Gasteiger partial charge in [-0.2, -0.15) is 0 Å². The number of aliphatic hydroxyl groups is 1. The number of imidazole rings is 1. The first-order valence-corrected chi connectivity index (χ1v) is 5.33. The molecule has 2 rings (SSSR count). The molecule has 90 valence electrons. The molecule has 3 N–H and O–H groups in total. The minimum Gasteiger partial charge on any atom is -0.493 e. The van der Waals surface area contributed by atoms with Crippen LogP contribution in [0.5, 0.6) is 5.88 Å². The summed E-state index contributed by atoms with van der Waals surface area (Å²) in [5.74, 6) is -0.214. The van der Waals surface area contributed by atoms with Gasteiger partial charge in [0.15, 0.2) is 0 Å². The molecule has 0 fully saturated rings. The van der Waals surface area contributed by atoms with Gasteiger partial charge in [0.1, 0.15) is 5.69 Å². The Kier molecular flexibility index (Phi) is 3.01. The van der Waals surface area contributed by atoms with Crippen molar-refractivity contribution in [1.29, 1.82) is 0 Å². The number of aromatic nitrogens is 2. The number of nitrogens with zero attached hydrogens (tertiary/aromatic N) is 1. The minimum absolute atomic E-state index is 0.144. The van der Waals surface area contributed by atoms with Gasteiger partial charge < -0.3 is 15.2 Å². The maximum Gasteiger partial charge on any atom is 0.329 e. The van der Waals surface area contributed by atoms with Gasteiger partial charge in [-0.1, -0.05) is 30.3 Å². The molecule has 0 saturated heterocycles. The summed E-state index contributed by atoms with van der Waals surface area (Å²) in [5, 5.41) is 19.2. The fourth-order valence-electron chi connectivity index (χ4n) is 1.68. The quantitative estimate of drug-likeness (QED) is 0.740. The summed E-state index contributed by atoms with van der Waals surface area (Å²) >= 11 is 0. The molecule has 1 heterocycles. The van der Waals surface area contributed by atoms with Crippen LogP contribution in [-0.2, 0) is 6.54 Å². The number of hydrogen-bond acceptors (Lipinski definition) is 3. The van der Waals surface area contributed by atoms with Gasteiger partial charge >= 0.3 is 5.69 Å². The zero-order chi connectivity index (χ0) is 12.4. The average Bonchev–Trinajstić information content (AvgIpc) is 2.58. The van der Waals surface area contributed by atoms with E-state index in [1.807, 2.05) is 30.3 Å². The second kappa shape index (κ2) is 4.47. The van der Waals surface area contributed by atoms with E-state index in [0.717, 1.165) is 5.56 Å².